The van der Waals surface area contributed by atoms with Crippen LogP contribution < -0.4 is 11.1 Å². The van der Waals surface area contributed by atoms with Crippen molar-refractivity contribution in [2.75, 3.05) is 18.1 Å². The Balaban J connectivity index is 2.23. The second-order valence-corrected chi connectivity index (χ2v) is 4.95. The molecule has 96 valence electrons. The summed E-state index contributed by atoms with van der Waals surface area (Å²) in [5, 5.41) is 2.81. The van der Waals surface area contributed by atoms with Crippen LogP contribution in [0.5, 0.6) is 0 Å². The molecule has 0 unspecified atom stereocenters. The summed E-state index contributed by atoms with van der Waals surface area (Å²) in [7, 11) is 0. The molecule has 0 spiro atoms. The highest BCUT2D eigenvalue weighted by Crippen LogP contribution is 2.02. The van der Waals surface area contributed by atoms with Crippen molar-refractivity contribution >= 4 is 17.7 Å². The van der Waals surface area contributed by atoms with Gasteiger partial charge in [0.05, 0.1) is 11.8 Å². The first-order valence-corrected chi connectivity index (χ1v) is 6.98. The minimum atomic E-state index is -0.495. The Bertz CT molecular complexity index is 400. The van der Waals surface area contributed by atoms with E-state index in [2.05, 4.69) is 11.2 Å². The topological polar surface area (TPSA) is 55.1 Å². The average Bonchev–Trinajstić information content (AvgIpc) is 2.39. The number of nitrogens with two attached hydrogens (primary N) is 1. The maximum absolute atomic E-state index is 11.7. The summed E-state index contributed by atoms with van der Waals surface area (Å²) in [6, 6.07) is 9.27. The smallest absolute Gasteiger partial charge is 0.237 e. The molecule has 1 aromatic rings. The van der Waals surface area contributed by atoms with E-state index in [1.807, 2.05) is 30.3 Å². The molecule has 3 nitrogen and oxygen atoms in total. The molecule has 0 saturated heterocycles. The number of rotatable bonds is 7. The standard InChI is InChI=1S/C14H18N2OS/c1-2-9-18-10-8-16-14(17)13(15)11-12-6-4-3-5-7-12/h1,3-7,13H,8-11,15H2,(H,16,17)/t13-/m1/s1. The highest BCUT2D eigenvalue weighted by atomic mass is 32.2. The van der Waals surface area contributed by atoms with Gasteiger partial charge in [0.2, 0.25) is 5.91 Å². The predicted molar refractivity (Wildman–Crippen MR) is 77.3 cm³/mol. The van der Waals surface area contributed by atoms with Gasteiger partial charge in [-0.3, -0.25) is 4.79 Å². The molecule has 1 rings (SSSR count). The minimum Gasteiger partial charge on any atom is -0.354 e. The summed E-state index contributed by atoms with van der Waals surface area (Å²) < 4.78 is 0. The largest absolute Gasteiger partial charge is 0.354 e. The third-order valence-corrected chi connectivity index (χ3v) is 3.23. The number of terminal acetylenes is 1. The van der Waals surface area contributed by atoms with E-state index in [4.69, 9.17) is 12.2 Å². The van der Waals surface area contributed by atoms with Gasteiger partial charge in [0.1, 0.15) is 0 Å². The molecule has 1 atom stereocenters. The molecule has 3 N–H and O–H groups in total. The van der Waals surface area contributed by atoms with Crippen molar-refractivity contribution in [2.45, 2.75) is 12.5 Å². The van der Waals surface area contributed by atoms with Crippen LogP contribution in [0.4, 0.5) is 0 Å². The van der Waals surface area contributed by atoms with Gasteiger partial charge in [0.25, 0.3) is 0 Å². The number of benzene rings is 1. The molecule has 0 bridgehead atoms. The van der Waals surface area contributed by atoms with Crippen molar-refractivity contribution in [3.05, 3.63) is 35.9 Å². The Morgan fingerprint density at radius 1 is 1.44 bits per heavy atom. The number of carbonyl (C=O) groups excluding carboxylic acids is 1. The normalized spacial score (nSPS) is 11.6. The van der Waals surface area contributed by atoms with Crippen LogP contribution in [-0.2, 0) is 11.2 Å². The third-order valence-electron chi connectivity index (χ3n) is 2.37. The van der Waals surface area contributed by atoms with E-state index in [9.17, 15) is 4.79 Å². The Labute approximate surface area is 113 Å². The van der Waals surface area contributed by atoms with Crippen molar-refractivity contribution < 1.29 is 4.79 Å². The summed E-state index contributed by atoms with van der Waals surface area (Å²) in [4.78, 5) is 11.7. The fraction of sp³-hybridized carbons (Fsp3) is 0.357. The monoisotopic (exact) mass is 262 g/mol. The highest BCUT2D eigenvalue weighted by Gasteiger charge is 2.12. The first kappa shape index (κ1) is 14.6. The molecule has 0 fully saturated rings. The molecule has 0 aliphatic heterocycles. The number of thioether (sulfide) groups is 1. The second-order valence-electron chi connectivity index (χ2n) is 3.84. The molecule has 1 amide bonds. The zero-order valence-electron chi connectivity index (χ0n) is 10.3. The fourth-order valence-corrected chi connectivity index (χ4v) is 1.98. The molecule has 4 heteroatoms. The van der Waals surface area contributed by atoms with E-state index in [0.717, 1.165) is 11.3 Å². The Kier molecular flexibility index (Phi) is 7.00. The maximum atomic E-state index is 11.7. The van der Waals surface area contributed by atoms with E-state index >= 15 is 0 Å². The maximum Gasteiger partial charge on any atom is 0.237 e. The van der Waals surface area contributed by atoms with E-state index in [1.165, 1.54) is 0 Å². The van der Waals surface area contributed by atoms with Crippen molar-refractivity contribution in [2.24, 2.45) is 5.73 Å². The van der Waals surface area contributed by atoms with Crippen molar-refractivity contribution in [3.8, 4) is 12.3 Å². The summed E-state index contributed by atoms with van der Waals surface area (Å²) in [5.74, 6) is 3.91. The first-order valence-electron chi connectivity index (χ1n) is 5.82. The number of nitrogens with one attached hydrogen (secondary N) is 1. The van der Waals surface area contributed by atoms with Crippen LogP contribution in [0.25, 0.3) is 0 Å². The van der Waals surface area contributed by atoms with Crippen molar-refractivity contribution in [1.29, 1.82) is 0 Å². The summed E-state index contributed by atoms with van der Waals surface area (Å²) in [6.45, 7) is 0.605. The van der Waals surface area contributed by atoms with Crippen LogP contribution >= 0.6 is 11.8 Å². The lowest BCUT2D eigenvalue weighted by Crippen LogP contribution is -2.42. The van der Waals surface area contributed by atoms with Gasteiger partial charge >= 0.3 is 0 Å². The Hall–Kier alpha value is -1.44. The van der Waals surface area contributed by atoms with Crippen molar-refractivity contribution in [1.82, 2.24) is 5.32 Å². The molecule has 1 aromatic carbocycles. The molecule has 0 radical (unpaired) electrons. The first-order chi connectivity index (χ1) is 8.74. The lowest BCUT2D eigenvalue weighted by atomic mass is 10.1. The molecule has 0 aliphatic carbocycles. The molecule has 0 heterocycles. The van der Waals surface area contributed by atoms with Crippen LogP contribution in [0, 0.1) is 12.3 Å². The van der Waals surface area contributed by atoms with Crippen LogP contribution in [0.3, 0.4) is 0 Å². The lowest BCUT2D eigenvalue weighted by molar-refractivity contribution is -0.122. The Morgan fingerprint density at radius 2 is 2.17 bits per heavy atom. The number of hydrogen-bond donors (Lipinski definition) is 2. The summed E-state index contributed by atoms with van der Waals surface area (Å²) in [5.41, 5.74) is 6.91. The van der Waals surface area contributed by atoms with Gasteiger partial charge in [-0.15, -0.1) is 18.2 Å². The summed E-state index contributed by atoms with van der Waals surface area (Å²) in [6.07, 6.45) is 5.69. The van der Waals surface area contributed by atoms with Gasteiger partial charge in [-0.05, 0) is 12.0 Å². The van der Waals surface area contributed by atoms with E-state index in [0.29, 0.717) is 18.7 Å². The Morgan fingerprint density at radius 3 is 2.83 bits per heavy atom. The number of hydrogen-bond acceptors (Lipinski definition) is 3. The number of carbonyl (C=O) groups is 1. The second kappa shape index (κ2) is 8.62. The van der Waals surface area contributed by atoms with Crippen molar-refractivity contribution in [3.63, 3.8) is 0 Å². The van der Waals surface area contributed by atoms with E-state index < -0.39 is 6.04 Å². The molecule has 0 aliphatic rings. The minimum absolute atomic E-state index is 0.111. The van der Waals surface area contributed by atoms with Crippen LogP contribution in [0.2, 0.25) is 0 Å². The van der Waals surface area contributed by atoms with Gasteiger partial charge in [-0.2, -0.15) is 0 Å². The van der Waals surface area contributed by atoms with Gasteiger partial charge in [0, 0.05) is 12.3 Å². The highest BCUT2D eigenvalue weighted by molar-refractivity contribution is 7.99. The lowest BCUT2D eigenvalue weighted by Gasteiger charge is -2.12. The zero-order chi connectivity index (χ0) is 13.2. The van der Waals surface area contributed by atoms with E-state index in [1.54, 1.807) is 11.8 Å². The third kappa shape index (κ3) is 5.76. The SMILES string of the molecule is C#CCSCCNC(=O)[C@H](N)Cc1ccccc1. The average molecular weight is 262 g/mol. The quantitative estimate of drug-likeness (QED) is 0.570. The van der Waals surface area contributed by atoms with Crippen LogP contribution in [0.1, 0.15) is 5.56 Å². The summed E-state index contributed by atoms with van der Waals surface area (Å²) >= 11 is 1.62. The van der Waals surface area contributed by atoms with E-state index in [-0.39, 0.29) is 5.91 Å². The molecule has 18 heavy (non-hydrogen) atoms. The number of amides is 1. The molecular weight excluding hydrogens is 244 g/mol. The van der Waals surface area contributed by atoms with Gasteiger partial charge in [-0.25, -0.2) is 0 Å². The van der Waals surface area contributed by atoms with Crippen LogP contribution in [0.15, 0.2) is 30.3 Å². The molecule has 0 saturated carbocycles. The van der Waals surface area contributed by atoms with Gasteiger partial charge < -0.3 is 11.1 Å². The van der Waals surface area contributed by atoms with Gasteiger partial charge in [0.15, 0.2) is 0 Å². The molecular formula is C14H18N2OS. The van der Waals surface area contributed by atoms with Gasteiger partial charge in [-0.1, -0.05) is 36.3 Å². The molecule has 0 aromatic heterocycles. The fourth-order valence-electron chi connectivity index (χ4n) is 1.47. The predicted octanol–water partition coefficient (Wildman–Crippen LogP) is 1.04. The zero-order valence-corrected chi connectivity index (χ0v) is 11.1. The van der Waals surface area contributed by atoms with Crippen LogP contribution in [-0.4, -0.2) is 30.0 Å².